The van der Waals surface area contributed by atoms with Gasteiger partial charge in [0.2, 0.25) is 5.91 Å². The van der Waals surface area contributed by atoms with Crippen LogP contribution in [0, 0.1) is 6.92 Å². The number of thiazole rings is 1. The third kappa shape index (κ3) is 3.30. The summed E-state index contributed by atoms with van der Waals surface area (Å²) in [6.07, 6.45) is 0. The minimum Gasteiger partial charge on any atom is -0.497 e. The number of ether oxygens (including phenoxy) is 1. The molecule has 0 saturated carbocycles. The molecule has 9 heteroatoms. The van der Waals surface area contributed by atoms with Crippen LogP contribution in [-0.4, -0.2) is 33.0 Å². The SMILES string of the molecule is COc1ccc(-c2nc(NC(=O)CN3c4cccc5cccc(c45)S3(=O)=O)sc2C)cc1. The zero-order valence-corrected chi connectivity index (χ0v) is 19.0. The molecular weight excluding hydrogens is 446 g/mol. The number of rotatable bonds is 5. The first-order valence-corrected chi connectivity index (χ1v) is 12.1. The fourth-order valence-corrected chi connectivity index (χ4v) is 6.40. The third-order valence-electron chi connectivity index (χ3n) is 5.37. The number of carbonyl (C=O) groups is 1. The number of nitrogens with one attached hydrogen (secondary N) is 1. The van der Waals surface area contributed by atoms with Crippen molar-refractivity contribution in [2.45, 2.75) is 11.8 Å². The largest absolute Gasteiger partial charge is 0.497 e. The van der Waals surface area contributed by atoms with Crippen LogP contribution >= 0.6 is 11.3 Å². The molecule has 1 aliphatic rings. The summed E-state index contributed by atoms with van der Waals surface area (Å²) in [4.78, 5) is 18.5. The molecule has 1 N–H and O–H groups in total. The lowest BCUT2D eigenvalue weighted by atomic mass is 10.1. The highest BCUT2D eigenvalue weighted by Crippen LogP contribution is 2.41. The average molecular weight is 466 g/mol. The van der Waals surface area contributed by atoms with Crippen molar-refractivity contribution < 1.29 is 17.9 Å². The number of aromatic nitrogens is 1. The van der Waals surface area contributed by atoms with Crippen molar-refractivity contribution in [1.82, 2.24) is 4.98 Å². The van der Waals surface area contributed by atoms with E-state index in [0.717, 1.165) is 31.6 Å². The predicted octanol–water partition coefficient (Wildman–Crippen LogP) is 4.43. The number of carbonyl (C=O) groups excluding carboxylic acids is 1. The van der Waals surface area contributed by atoms with Crippen LogP contribution < -0.4 is 14.4 Å². The summed E-state index contributed by atoms with van der Waals surface area (Å²) in [6.45, 7) is 1.60. The summed E-state index contributed by atoms with van der Waals surface area (Å²) < 4.78 is 32.5. The number of nitrogens with zero attached hydrogens (tertiary/aromatic N) is 2. The Morgan fingerprint density at radius 1 is 1.09 bits per heavy atom. The number of aryl methyl sites for hydroxylation is 1. The Morgan fingerprint density at radius 3 is 2.53 bits per heavy atom. The molecule has 1 aromatic heterocycles. The van der Waals surface area contributed by atoms with Gasteiger partial charge in [-0.15, -0.1) is 11.3 Å². The van der Waals surface area contributed by atoms with Gasteiger partial charge < -0.3 is 10.1 Å². The fourth-order valence-electron chi connectivity index (χ4n) is 3.88. The van der Waals surface area contributed by atoms with E-state index >= 15 is 0 Å². The lowest BCUT2D eigenvalue weighted by Gasteiger charge is -2.17. The molecule has 32 heavy (non-hydrogen) atoms. The fraction of sp³-hybridized carbons (Fsp3) is 0.130. The van der Waals surface area contributed by atoms with Gasteiger partial charge in [-0.1, -0.05) is 24.3 Å². The van der Waals surface area contributed by atoms with Crippen LogP contribution in [0.4, 0.5) is 10.8 Å². The standard InChI is InChI=1S/C23H19N3O4S2/c1-14-22(16-9-11-17(30-2)12-10-16)25-23(31-14)24-20(27)13-26-18-7-3-5-15-6-4-8-19(21(15)18)32(26,28)29/h3-12H,13H2,1-2H3,(H,24,25,27). The van der Waals surface area contributed by atoms with E-state index in [1.807, 2.05) is 43.3 Å². The minimum atomic E-state index is -3.79. The van der Waals surface area contributed by atoms with E-state index in [2.05, 4.69) is 10.3 Å². The van der Waals surface area contributed by atoms with Crippen molar-refractivity contribution in [3.63, 3.8) is 0 Å². The molecule has 3 aromatic carbocycles. The number of benzene rings is 3. The Morgan fingerprint density at radius 2 is 1.81 bits per heavy atom. The van der Waals surface area contributed by atoms with Crippen LogP contribution in [0.3, 0.4) is 0 Å². The van der Waals surface area contributed by atoms with Crippen molar-refractivity contribution in [3.8, 4) is 17.0 Å². The highest BCUT2D eigenvalue weighted by Gasteiger charge is 2.36. The summed E-state index contributed by atoms with van der Waals surface area (Å²) in [5.41, 5.74) is 2.19. The Labute approximate surface area is 189 Å². The summed E-state index contributed by atoms with van der Waals surface area (Å²) in [6, 6.07) is 18.0. The summed E-state index contributed by atoms with van der Waals surface area (Å²) in [5, 5.41) is 4.65. The molecule has 4 aromatic rings. The van der Waals surface area contributed by atoms with E-state index in [9.17, 15) is 13.2 Å². The molecule has 0 spiro atoms. The second-order valence-electron chi connectivity index (χ2n) is 7.34. The number of hydrogen-bond acceptors (Lipinski definition) is 6. The molecule has 7 nitrogen and oxygen atoms in total. The number of anilines is 2. The third-order valence-corrected chi connectivity index (χ3v) is 8.06. The molecule has 0 fully saturated rings. The van der Waals surface area contributed by atoms with E-state index in [0.29, 0.717) is 16.2 Å². The Hall–Kier alpha value is -3.43. The summed E-state index contributed by atoms with van der Waals surface area (Å²) in [7, 11) is -2.19. The van der Waals surface area contributed by atoms with Crippen molar-refractivity contribution in [3.05, 3.63) is 65.5 Å². The second kappa shape index (κ2) is 7.61. The van der Waals surface area contributed by atoms with Gasteiger partial charge in [-0.05, 0) is 48.7 Å². The van der Waals surface area contributed by atoms with Gasteiger partial charge in [0.05, 0.1) is 23.4 Å². The second-order valence-corrected chi connectivity index (χ2v) is 10.4. The average Bonchev–Trinajstić information content (AvgIpc) is 3.25. The van der Waals surface area contributed by atoms with Gasteiger partial charge in [-0.25, -0.2) is 13.4 Å². The first-order chi connectivity index (χ1) is 15.4. The minimum absolute atomic E-state index is 0.227. The quantitative estimate of drug-likeness (QED) is 0.471. The number of amides is 1. The Balaban J connectivity index is 1.38. The van der Waals surface area contributed by atoms with Crippen molar-refractivity contribution in [2.75, 3.05) is 23.3 Å². The molecule has 0 unspecified atom stereocenters. The van der Waals surface area contributed by atoms with E-state index in [-0.39, 0.29) is 11.4 Å². The molecule has 0 radical (unpaired) electrons. The van der Waals surface area contributed by atoms with Gasteiger partial charge in [0.25, 0.3) is 10.0 Å². The maximum absolute atomic E-state index is 13.1. The van der Waals surface area contributed by atoms with E-state index in [4.69, 9.17) is 4.74 Å². The molecule has 5 rings (SSSR count). The molecule has 0 atom stereocenters. The van der Waals surface area contributed by atoms with Crippen molar-refractivity contribution >= 4 is 48.9 Å². The predicted molar refractivity (Wildman–Crippen MR) is 126 cm³/mol. The number of sulfonamides is 1. The first-order valence-electron chi connectivity index (χ1n) is 9.84. The van der Waals surface area contributed by atoms with Crippen LogP contribution in [0.2, 0.25) is 0 Å². The van der Waals surface area contributed by atoms with Gasteiger partial charge in [0, 0.05) is 15.8 Å². The highest BCUT2D eigenvalue weighted by atomic mass is 32.2. The normalized spacial score (nSPS) is 14.0. The van der Waals surface area contributed by atoms with Gasteiger partial charge in [-0.2, -0.15) is 0 Å². The molecule has 0 bridgehead atoms. The monoisotopic (exact) mass is 465 g/mol. The van der Waals surface area contributed by atoms with Gasteiger partial charge >= 0.3 is 0 Å². The summed E-state index contributed by atoms with van der Waals surface area (Å²) in [5.74, 6) is 0.298. The van der Waals surface area contributed by atoms with E-state index < -0.39 is 15.9 Å². The highest BCUT2D eigenvalue weighted by molar-refractivity contribution is 7.93. The van der Waals surface area contributed by atoms with Gasteiger partial charge in [0.1, 0.15) is 12.3 Å². The molecular formula is C23H19N3O4S2. The molecule has 2 heterocycles. The number of methoxy groups -OCH3 is 1. The Kier molecular flexibility index (Phi) is 4.87. The zero-order valence-electron chi connectivity index (χ0n) is 17.3. The van der Waals surface area contributed by atoms with Gasteiger partial charge in [-0.3, -0.25) is 9.10 Å². The smallest absolute Gasteiger partial charge is 0.265 e. The van der Waals surface area contributed by atoms with Crippen LogP contribution in [0.15, 0.2) is 65.6 Å². The molecule has 1 amide bonds. The zero-order chi connectivity index (χ0) is 22.5. The summed E-state index contributed by atoms with van der Waals surface area (Å²) >= 11 is 1.34. The first kappa shape index (κ1) is 20.5. The van der Waals surface area contributed by atoms with E-state index in [1.54, 1.807) is 31.4 Å². The van der Waals surface area contributed by atoms with Crippen LogP contribution in [0.25, 0.3) is 22.0 Å². The lowest BCUT2D eigenvalue weighted by Crippen LogP contribution is -2.35. The van der Waals surface area contributed by atoms with Crippen molar-refractivity contribution in [2.24, 2.45) is 0 Å². The topological polar surface area (TPSA) is 88.6 Å². The van der Waals surface area contributed by atoms with Crippen LogP contribution in [-0.2, 0) is 14.8 Å². The van der Waals surface area contributed by atoms with Gasteiger partial charge in [0.15, 0.2) is 5.13 Å². The molecule has 162 valence electrons. The molecule has 0 saturated heterocycles. The lowest BCUT2D eigenvalue weighted by molar-refractivity contribution is -0.114. The molecule has 1 aliphatic heterocycles. The van der Waals surface area contributed by atoms with Crippen molar-refractivity contribution in [1.29, 1.82) is 0 Å². The maximum Gasteiger partial charge on any atom is 0.265 e. The molecule has 0 aliphatic carbocycles. The Bertz CT molecular complexity index is 1460. The maximum atomic E-state index is 13.1. The number of hydrogen-bond donors (Lipinski definition) is 1. The van der Waals surface area contributed by atoms with Crippen LogP contribution in [0.1, 0.15) is 4.88 Å². The van der Waals surface area contributed by atoms with E-state index in [1.165, 1.54) is 11.3 Å². The van der Waals surface area contributed by atoms with Crippen LogP contribution in [0.5, 0.6) is 5.75 Å².